The van der Waals surface area contributed by atoms with Crippen LogP contribution in [-0.4, -0.2) is 41.0 Å². The van der Waals surface area contributed by atoms with Crippen molar-refractivity contribution < 1.29 is 27.5 Å². The molecule has 0 fully saturated rings. The van der Waals surface area contributed by atoms with Gasteiger partial charge in [-0.2, -0.15) is 0 Å². The first-order chi connectivity index (χ1) is 16.6. The van der Waals surface area contributed by atoms with Crippen molar-refractivity contribution in [2.45, 2.75) is 18.7 Å². The molecule has 3 aromatic carbocycles. The van der Waals surface area contributed by atoms with Crippen LogP contribution in [-0.2, 0) is 19.6 Å². The topological polar surface area (TPSA) is 114 Å². The minimum absolute atomic E-state index is 0.0526. The van der Waals surface area contributed by atoms with E-state index in [2.05, 4.69) is 10.6 Å². The summed E-state index contributed by atoms with van der Waals surface area (Å²) < 4.78 is 38.8. The summed E-state index contributed by atoms with van der Waals surface area (Å²) in [5, 5.41) is 5.34. The zero-order valence-electron chi connectivity index (χ0n) is 19.9. The molecule has 0 aliphatic rings. The van der Waals surface area contributed by atoms with Crippen molar-refractivity contribution in [3.05, 3.63) is 72.3 Å². The number of anilines is 3. The Morgan fingerprint density at radius 2 is 1.40 bits per heavy atom. The second-order valence-electron chi connectivity index (χ2n) is 7.67. The Hall–Kier alpha value is -4.05. The minimum Gasteiger partial charge on any atom is -0.493 e. The molecule has 0 heterocycles. The first-order valence-electron chi connectivity index (χ1n) is 10.6. The molecule has 0 radical (unpaired) electrons. The summed E-state index contributed by atoms with van der Waals surface area (Å²) in [6.45, 7) is 2.82. The van der Waals surface area contributed by atoms with Crippen LogP contribution in [0.3, 0.4) is 0 Å². The molecule has 184 valence electrons. The second kappa shape index (κ2) is 10.9. The fraction of sp³-hybridized carbons (Fsp3) is 0.200. The van der Waals surface area contributed by atoms with Crippen LogP contribution in [0.25, 0.3) is 0 Å². The Labute approximate surface area is 204 Å². The van der Waals surface area contributed by atoms with Crippen LogP contribution in [0.15, 0.2) is 71.6 Å². The van der Waals surface area contributed by atoms with Crippen LogP contribution < -0.4 is 24.4 Å². The number of hydrogen-bond donors (Lipinski definition) is 2. The van der Waals surface area contributed by atoms with Gasteiger partial charge >= 0.3 is 0 Å². The molecule has 0 unspecified atom stereocenters. The number of rotatable bonds is 9. The van der Waals surface area contributed by atoms with Gasteiger partial charge in [0.2, 0.25) is 11.8 Å². The third-order valence-electron chi connectivity index (χ3n) is 5.04. The lowest BCUT2D eigenvalue weighted by Gasteiger charge is -2.24. The number of carbonyl (C=O) groups excluding carboxylic acids is 2. The van der Waals surface area contributed by atoms with Crippen molar-refractivity contribution in [2.75, 3.05) is 35.7 Å². The van der Waals surface area contributed by atoms with Gasteiger partial charge in [0.15, 0.2) is 11.5 Å². The largest absolute Gasteiger partial charge is 0.493 e. The Balaban J connectivity index is 1.91. The van der Waals surface area contributed by atoms with Crippen molar-refractivity contribution in [2.24, 2.45) is 0 Å². The van der Waals surface area contributed by atoms with E-state index in [0.29, 0.717) is 22.8 Å². The molecule has 0 saturated carbocycles. The average molecular weight is 498 g/mol. The molecule has 2 N–H and O–H groups in total. The van der Waals surface area contributed by atoms with E-state index in [1.165, 1.54) is 39.3 Å². The van der Waals surface area contributed by atoms with Gasteiger partial charge in [0.1, 0.15) is 6.54 Å². The van der Waals surface area contributed by atoms with Crippen LogP contribution >= 0.6 is 0 Å². The maximum atomic E-state index is 13.6. The minimum atomic E-state index is -4.14. The third-order valence-corrected chi connectivity index (χ3v) is 6.81. The van der Waals surface area contributed by atoms with E-state index >= 15 is 0 Å². The average Bonchev–Trinajstić information content (AvgIpc) is 2.83. The highest BCUT2D eigenvalue weighted by Crippen LogP contribution is 2.32. The summed E-state index contributed by atoms with van der Waals surface area (Å²) >= 11 is 0. The van der Waals surface area contributed by atoms with Gasteiger partial charge in [-0.05, 0) is 55.5 Å². The number of nitrogens with zero attached hydrogens (tertiary/aromatic N) is 1. The summed E-state index contributed by atoms with van der Waals surface area (Å²) in [4.78, 5) is 24.0. The summed E-state index contributed by atoms with van der Waals surface area (Å²) in [6, 6.07) is 17.6. The lowest BCUT2D eigenvalue weighted by atomic mass is 10.2. The number of amides is 2. The zero-order chi connectivity index (χ0) is 25.6. The maximum Gasteiger partial charge on any atom is 0.264 e. The number of sulfonamides is 1. The van der Waals surface area contributed by atoms with Crippen LogP contribution in [0.4, 0.5) is 17.1 Å². The molecular formula is C25H27N3O6S. The predicted molar refractivity (Wildman–Crippen MR) is 135 cm³/mol. The van der Waals surface area contributed by atoms with Crippen molar-refractivity contribution in [1.29, 1.82) is 0 Å². The molecule has 0 aliphatic carbocycles. The van der Waals surface area contributed by atoms with Gasteiger partial charge in [0.05, 0.1) is 24.8 Å². The number of carbonyl (C=O) groups is 2. The highest BCUT2D eigenvalue weighted by Gasteiger charge is 2.28. The molecule has 2 amide bonds. The number of benzene rings is 3. The van der Waals surface area contributed by atoms with E-state index in [-0.39, 0.29) is 16.6 Å². The SMILES string of the molecule is COc1ccc(S(=O)(=O)N(CC(=O)Nc2ccc(NC(C)=O)cc2)c2ccc(C)cc2)cc1OC. The number of aryl methyl sites for hydroxylation is 1. The van der Waals surface area contributed by atoms with Crippen molar-refractivity contribution >= 4 is 38.9 Å². The number of methoxy groups -OCH3 is 2. The molecule has 10 heteroatoms. The third kappa shape index (κ3) is 6.30. The van der Waals surface area contributed by atoms with Crippen LogP contribution in [0.2, 0.25) is 0 Å². The lowest BCUT2D eigenvalue weighted by Crippen LogP contribution is -2.38. The van der Waals surface area contributed by atoms with E-state index in [1.807, 2.05) is 6.92 Å². The maximum absolute atomic E-state index is 13.6. The van der Waals surface area contributed by atoms with Gasteiger partial charge < -0.3 is 20.1 Å². The summed E-state index contributed by atoms with van der Waals surface area (Å²) in [5.41, 5.74) is 2.31. The molecule has 35 heavy (non-hydrogen) atoms. The summed E-state index contributed by atoms with van der Waals surface area (Å²) in [7, 11) is -1.27. The molecule has 0 aromatic heterocycles. The Bertz CT molecular complexity index is 1310. The Kier molecular flexibility index (Phi) is 7.98. The van der Waals surface area contributed by atoms with E-state index in [0.717, 1.165) is 9.87 Å². The fourth-order valence-electron chi connectivity index (χ4n) is 3.30. The number of nitrogens with one attached hydrogen (secondary N) is 2. The van der Waals surface area contributed by atoms with Crippen LogP contribution in [0.5, 0.6) is 11.5 Å². The Morgan fingerprint density at radius 3 is 1.94 bits per heavy atom. The van der Waals surface area contributed by atoms with Gasteiger partial charge in [0.25, 0.3) is 10.0 Å². The van der Waals surface area contributed by atoms with E-state index in [4.69, 9.17) is 9.47 Å². The molecular weight excluding hydrogens is 470 g/mol. The summed E-state index contributed by atoms with van der Waals surface area (Å²) in [6.07, 6.45) is 0. The Morgan fingerprint density at radius 1 is 0.829 bits per heavy atom. The zero-order valence-corrected chi connectivity index (χ0v) is 20.7. The van der Waals surface area contributed by atoms with E-state index < -0.39 is 22.5 Å². The molecule has 0 bridgehead atoms. The number of hydrogen-bond acceptors (Lipinski definition) is 6. The van der Waals surface area contributed by atoms with Gasteiger partial charge in [-0.3, -0.25) is 13.9 Å². The molecule has 3 aromatic rings. The fourth-order valence-corrected chi connectivity index (χ4v) is 4.74. The van der Waals surface area contributed by atoms with Crippen molar-refractivity contribution in [1.82, 2.24) is 0 Å². The lowest BCUT2D eigenvalue weighted by molar-refractivity contribution is -0.115. The molecule has 0 spiro atoms. The standard InChI is InChI=1S/C25H27N3O6S/c1-17-5-11-21(12-6-17)28(35(31,32)22-13-14-23(33-3)24(15-22)34-4)16-25(30)27-20-9-7-19(8-10-20)26-18(2)29/h5-15H,16H2,1-4H3,(H,26,29)(H,27,30). The molecule has 9 nitrogen and oxygen atoms in total. The second-order valence-corrected chi connectivity index (χ2v) is 9.53. The molecule has 3 rings (SSSR count). The van der Waals surface area contributed by atoms with Crippen molar-refractivity contribution in [3.63, 3.8) is 0 Å². The van der Waals surface area contributed by atoms with E-state index in [9.17, 15) is 18.0 Å². The summed E-state index contributed by atoms with van der Waals surface area (Å²) in [5.74, 6) is -0.118. The first kappa shape index (κ1) is 25.6. The highest BCUT2D eigenvalue weighted by atomic mass is 32.2. The normalized spacial score (nSPS) is 10.9. The predicted octanol–water partition coefficient (Wildman–Crippen LogP) is 3.80. The first-order valence-corrected chi connectivity index (χ1v) is 12.1. The van der Waals surface area contributed by atoms with Gasteiger partial charge in [-0.25, -0.2) is 8.42 Å². The highest BCUT2D eigenvalue weighted by molar-refractivity contribution is 7.92. The number of ether oxygens (including phenoxy) is 2. The molecule has 0 saturated heterocycles. The van der Waals surface area contributed by atoms with Crippen LogP contribution in [0.1, 0.15) is 12.5 Å². The van der Waals surface area contributed by atoms with Gasteiger partial charge in [0, 0.05) is 24.4 Å². The molecule has 0 atom stereocenters. The monoisotopic (exact) mass is 497 g/mol. The van der Waals surface area contributed by atoms with Gasteiger partial charge in [-0.1, -0.05) is 17.7 Å². The van der Waals surface area contributed by atoms with E-state index in [1.54, 1.807) is 48.5 Å². The van der Waals surface area contributed by atoms with Crippen LogP contribution in [0, 0.1) is 6.92 Å². The van der Waals surface area contributed by atoms with Crippen molar-refractivity contribution in [3.8, 4) is 11.5 Å². The van der Waals surface area contributed by atoms with Gasteiger partial charge in [-0.15, -0.1) is 0 Å². The smallest absolute Gasteiger partial charge is 0.264 e. The molecule has 0 aliphatic heterocycles. The quantitative estimate of drug-likeness (QED) is 0.465.